The molecule has 156 valence electrons. The Morgan fingerprint density at radius 2 is 1.61 bits per heavy atom. The smallest absolute Gasteiger partial charge is 0.270 e. The Bertz CT molecular complexity index is 1150. The third-order valence-electron chi connectivity index (χ3n) is 5.40. The lowest BCUT2D eigenvalue weighted by Gasteiger charge is -2.36. The second kappa shape index (κ2) is 8.43. The van der Waals surface area contributed by atoms with Gasteiger partial charge in [0.15, 0.2) is 0 Å². The predicted molar refractivity (Wildman–Crippen MR) is 120 cm³/mol. The van der Waals surface area contributed by atoms with Gasteiger partial charge in [0.05, 0.1) is 17.6 Å². The summed E-state index contributed by atoms with van der Waals surface area (Å²) in [5.74, 6) is 2.32. The van der Waals surface area contributed by atoms with E-state index in [0.29, 0.717) is 12.2 Å². The molecule has 4 heterocycles. The maximum atomic E-state index is 12.7. The van der Waals surface area contributed by atoms with Crippen LogP contribution in [0.25, 0.3) is 11.0 Å². The first-order valence-corrected chi connectivity index (χ1v) is 10.4. The van der Waals surface area contributed by atoms with Crippen molar-refractivity contribution >= 4 is 28.6 Å². The SMILES string of the molecule is O=C(NCc1nc2ccccc2[nH]1)c1cccc(N2CCN(c3ccccn3)CC2)n1. The van der Waals surface area contributed by atoms with Crippen LogP contribution in [0.3, 0.4) is 0 Å². The summed E-state index contributed by atoms with van der Waals surface area (Å²) in [5.41, 5.74) is 2.24. The highest BCUT2D eigenvalue weighted by molar-refractivity contribution is 5.92. The maximum Gasteiger partial charge on any atom is 0.270 e. The summed E-state index contributed by atoms with van der Waals surface area (Å²) in [5, 5.41) is 2.90. The van der Waals surface area contributed by atoms with Crippen LogP contribution in [-0.4, -0.2) is 52.0 Å². The Balaban J connectivity index is 1.21. The zero-order valence-corrected chi connectivity index (χ0v) is 17.0. The van der Waals surface area contributed by atoms with E-state index in [2.05, 4.69) is 35.1 Å². The molecule has 3 aromatic heterocycles. The van der Waals surface area contributed by atoms with Crippen LogP contribution in [0.2, 0.25) is 0 Å². The number of nitrogens with one attached hydrogen (secondary N) is 2. The number of amides is 1. The number of pyridine rings is 2. The molecule has 4 aromatic rings. The van der Waals surface area contributed by atoms with E-state index in [9.17, 15) is 4.79 Å². The van der Waals surface area contributed by atoms with E-state index >= 15 is 0 Å². The fourth-order valence-electron chi connectivity index (χ4n) is 3.78. The molecule has 1 aliphatic heterocycles. The van der Waals surface area contributed by atoms with Crippen LogP contribution in [0.4, 0.5) is 11.6 Å². The highest BCUT2D eigenvalue weighted by Gasteiger charge is 2.20. The number of imidazole rings is 1. The number of rotatable bonds is 5. The van der Waals surface area contributed by atoms with E-state index in [1.165, 1.54) is 0 Å². The number of benzene rings is 1. The van der Waals surface area contributed by atoms with Crippen molar-refractivity contribution in [2.24, 2.45) is 0 Å². The lowest BCUT2D eigenvalue weighted by Crippen LogP contribution is -2.47. The zero-order chi connectivity index (χ0) is 21.0. The third kappa shape index (κ3) is 4.18. The van der Waals surface area contributed by atoms with Crippen molar-refractivity contribution in [2.75, 3.05) is 36.0 Å². The van der Waals surface area contributed by atoms with E-state index in [0.717, 1.165) is 54.7 Å². The summed E-state index contributed by atoms with van der Waals surface area (Å²) in [7, 11) is 0. The molecule has 0 saturated carbocycles. The molecule has 1 fully saturated rings. The number of aromatic amines is 1. The molecule has 8 heteroatoms. The molecule has 8 nitrogen and oxygen atoms in total. The monoisotopic (exact) mass is 413 g/mol. The fourth-order valence-corrected chi connectivity index (χ4v) is 3.78. The van der Waals surface area contributed by atoms with Gasteiger partial charge < -0.3 is 20.1 Å². The predicted octanol–water partition coefficient (Wildman–Crippen LogP) is 2.61. The summed E-state index contributed by atoms with van der Waals surface area (Å²) in [6.45, 7) is 3.70. The van der Waals surface area contributed by atoms with Gasteiger partial charge in [-0.15, -0.1) is 0 Å². The third-order valence-corrected chi connectivity index (χ3v) is 5.40. The first kappa shape index (κ1) is 19.0. The summed E-state index contributed by atoms with van der Waals surface area (Å²) >= 11 is 0. The Kier molecular flexibility index (Phi) is 5.18. The number of hydrogen-bond acceptors (Lipinski definition) is 6. The van der Waals surface area contributed by atoms with Crippen molar-refractivity contribution in [1.29, 1.82) is 0 Å². The second-order valence-corrected chi connectivity index (χ2v) is 7.43. The average Bonchev–Trinajstić information content (AvgIpc) is 3.26. The normalized spacial score (nSPS) is 14.1. The Labute approximate surface area is 180 Å². The van der Waals surface area contributed by atoms with Gasteiger partial charge in [-0.3, -0.25) is 4.79 Å². The Morgan fingerprint density at radius 3 is 2.39 bits per heavy atom. The van der Waals surface area contributed by atoms with E-state index < -0.39 is 0 Å². The van der Waals surface area contributed by atoms with E-state index in [1.54, 1.807) is 6.07 Å². The van der Waals surface area contributed by atoms with Crippen LogP contribution < -0.4 is 15.1 Å². The molecule has 0 spiro atoms. The number of aromatic nitrogens is 4. The van der Waals surface area contributed by atoms with Crippen LogP contribution >= 0.6 is 0 Å². The van der Waals surface area contributed by atoms with Crippen molar-refractivity contribution in [2.45, 2.75) is 6.54 Å². The average molecular weight is 413 g/mol. The number of para-hydroxylation sites is 2. The summed E-state index contributed by atoms with van der Waals surface area (Å²) in [6, 6.07) is 19.3. The van der Waals surface area contributed by atoms with Crippen molar-refractivity contribution in [3.63, 3.8) is 0 Å². The number of piperazine rings is 1. The number of carbonyl (C=O) groups excluding carboxylic acids is 1. The summed E-state index contributed by atoms with van der Waals surface area (Å²) < 4.78 is 0. The molecule has 5 rings (SSSR count). The number of carbonyl (C=O) groups is 1. The molecule has 0 aliphatic carbocycles. The second-order valence-electron chi connectivity index (χ2n) is 7.43. The lowest BCUT2D eigenvalue weighted by atomic mass is 10.2. The largest absolute Gasteiger partial charge is 0.353 e. The zero-order valence-electron chi connectivity index (χ0n) is 17.0. The minimum atomic E-state index is -0.213. The fraction of sp³-hybridized carbons (Fsp3) is 0.217. The Morgan fingerprint density at radius 1 is 0.871 bits per heavy atom. The van der Waals surface area contributed by atoms with Gasteiger partial charge in [-0.05, 0) is 36.4 Å². The molecule has 0 bridgehead atoms. The number of fused-ring (bicyclic) bond motifs is 1. The first-order valence-electron chi connectivity index (χ1n) is 10.4. The van der Waals surface area contributed by atoms with Crippen molar-refractivity contribution in [3.05, 3.63) is 78.4 Å². The number of anilines is 2. The summed E-state index contributed by atoms with van der Waals surface area (Å²) in [6.07, 6.45) is 1.82. The van der Waals surface area contributed by atoms with Gasteiger partial charge in [0.2, 0.25) is 0 Å². The molecular weight excluding hydrogens is 390 g/mol. The van der Waals surface area contributed by atoms with E-state index in [-0.39, 0.29) is 5.91 Å². The van der Waals surface area contributed by atoms with Gasteiger partial charge in [0.1, 0.15) is 23.2 Å². The van der Waals surface area contributed by atoms with Gasteiger partial charge in [-0.1, -0.05) is 24.3 Å². The van der Waals surface area contributed by atoms with E-state index in [4.69, 9.17) is 0 Å². The first-order chi connectivity index (χ1) is 15.3. The molecule has 0 radical (unpaired) electrons. The lowest BCUT2D eigenvalue weighted by molar-refractivity contribution is 0.0945. The van der Waals surface area contributed by atoms with Crippen LogP contribution in [0.1, 0.15) is 16.3 Å². The molecule has 1 aromatic carbocycles. The van der Waals surface area contributed by atoms with Crippen LogP contribution in [0, 0.1) is 0 Å². The van der Waals surface area contributed by atoms with Crippen molar-refractivity contribution < 1.29 is 4.79 Å². The summed E-state index contributed by atoms with van der Waals surface area (Å²) in [4.78, 5) is 33.9. The van der Waals surface area contributed by atoms with E-state index in [1.807, 2.05) is 60.8 Å². The maximum absolute atomic E-state index is 12.7. The molecule has 2 N–H and O–H groups in total. The van der Waals surface area contributed by atoms with Crippen LogP contribution in [-0.2, 0) is 6.54 Å². The Hall–Kier alpha value is -3.94. The number of H-pyrrole nitrogens is 1. The molecule has 0 atom stereocenters. The molecule has 1 saturated heterocycles. The van der Waals surface area contributed by atoms with Gasteiger partial charge in [0, 0.05) is 32.4 Å². The van der Waals surface area contributed by atoms with Gasteiger partial charge in [-0.2, -0.15) is 0 Å². The van der Waals surface area contributed by atoms with Crippen molar-refractivity contribution in [3.8, 4) is 0 Å². The minimum Gasteiger partial charge on any atom is -0.353 e. The number of hydrogen-bond donors (Lipinski definition) is 2. The molecular formula is C23H23N7O. The number of nitrogens with zero attached hydrogens (tertiary/aromatic N) is 5. The highest BCUT2D eigenvalue weighted by atomic mass is 16.1. The van der Waals surface area contributed by atoms with Gasteiger partial charge >= 0.3 is 0 Å². The molecule has 31 heavy (non-hydrogen) atoms. The molecule has 0 unspecified atom stereocenters. The van der Waals surface area contributed by atoms with Gasteiger partial charge in [-0.25, -0.2) is 15.0 Å². The molecule has 1 aliphatic rings. The quantitative estimate of drug-likeness (QED) is 0.523. The standard InChI is InChI=1S/C23H23N7O/c31-23(25-16-20-26-17-6-1-2-7-18(17)27-20)19-8-5-10-22(28-19)30-14-12-29(13-15-30)21-9-3-4-11-24-21/h1-11H,12-16H2,(H,25,31)(H,26,27). The molecule has 1 amide bonds. The minimum absolute atomic E-state index is 0.213. The van der Waals surface area contributed by atoms with Gasteiger partial charge in [0.25, 0.3) is 5.91 Å². The van der Waals surface area contributed by atoms with Crippen molar-refractivity contribution in [1.82, 2.24) is 25.3 Å². The van der Waals surface area contributed by atoms with Crippen LogP contribution in [0.15, 0.2) is 66.9 Å². The highest BCUT2D eigenvalue weighted by Crippen LogP contribution is 2.18. The topological polar surface area (TPSA) is 90.0 Å². The van der Waals surface area contributed by atoms with Crippen LogP contribution in [0.5, 0.6) is 0 Å².